The largest absolute Gasteiger partial charge is 0.256 e. The van der Waals surface area contributed by atoms with Gasteiger partial charge in [0.2, 0.25) is 0 Å². The summed E-state index contributed by atoms with van der Waals surface area (Å²) in [5.41, 5.74) is 0.673. The van der Waals surface area contributed by atoms with E-state index in [-0.39, 0.29) is 0 Å². The van der Waals surface area contributed by atoms with Crippen LogP contribution >= 0.6 is 15.9 Å². The molecular weight excluding hydrogens is 278 g/mol. The molecule has 1 aromatic carbocycles. The molecule has 2 rings (SSSR count). The Balaban J connectivity index is 2.99. The van der Waals surface area contributed by atoms with Gasteiger partial charge in [0.1, 0.15) is 0 Å². The highest BCUT2D eigenvalue weighted by Gasteiger charge is 2.13. The Labute approximate surface area is 96.2 Å². The molecule has 0 radical (unpaired) electrons. The van der Waals surface area contributed by atoms with Gasteiger partial charge < -0.3 is 0 Å². The van der Waals surface area contributed by atoms with Gasteiger partial charge in [-0.25, -0.2) is 8.42 Å². The maximum Gasteiger partial charge on any atom is 0.176 e. The molecule has 0 aliphatic rings. The Bertz CT molecular complexity index is 617. The van der Waals surface area contributed by atoms with Gasteiger partial charge in [-0.15, -0.1) is 0 Å². The van der Waals surface area contributed by atoms with Gasteiger partial charge in [0, 0.05) is 22.3 Å². The molecule has 1 aromatic heterocycles. The maximum atomic E-state index is 11.6. The molecule has 0 amide bonds. The summed E-state index contributed by atoms with van der Waals surface area (Å²) < 4.78 is 23.8. The van der Waals surface area contributed by atoms with Crippen LogP contribution in [0.2, 0.25) is 0 Å². The molecule has 0 unspecified atom stereocenters. The van der Waals surface area contributed by atoms with Crippen LogP contribution in [0.25, 0.3) is 10.9 Å². The van der Waals surface area contributed by atoms with Gasteiger partial charge >= 0.3 is 0 Å². The van der Waals surface area contributed by atoms with E-state index >= 15 is 0 Å². The van der Waals surface area contributed by atoms with Crippen LogP contribution in [-0.2, 0) is 9.84 Å². The number of fused-ring (bicyclic) bond motifs is 1. The van der Waals surface area contributed by atoms with E-state index in [1.165, 1.54) is 6.26 Å². The van der Waals surface area contributed by atoms with E-state index in [0.717, 1.165) is 4.47 Å². The number of rotatable bonds is 1. The van der Waals surface area contributed by atoms with Gasteiger partial charge in [0.05, 0.1) is 10.4 Å². The Morgan fingerprint density at radius 2 is 2.00 bits per heavy atom. The SMILES string of the molecule is CS(=O)(=O)c1cccc2nccc(Br)c12. The van der Waals surface area contributed by atoms with Crippen LogP contribution in [0.5, 0.6) is 0 Å². The number of nitrogens with zero attached hydrogens (tertiary/aromatic N) is 1. The first kappa shape index (κ1) is 10.6. The number of halogens is 1. The lowest BCUT2D eigenvalue weighted by atomic mass is 10.2. The van der Waals surface area contributed by atoms with E-state index in [1.54, 1.807) is 30.5 Å². The summed E-state index contributed by atoms with van der Waals surface area (Å²) in [6, 6.07) is 6.80. The third-order valence-electron chi connectivity index (χ3n) is 2.08. The van der Waals surface area contributed by atoms with Crippen molar-refractivity contribution < 1.29 is 8.42 Å². The standard InChI is InChI=1S/C10H8BrNO2S/c1-15(13,14)9-4-2-3-8-10(9)7(11)5-6-12-8/h2-6H,1H3. The van der Waals surface area contributed by atoms with Crippen LogP contribution in [-0.4, -0.2) is 19.7 Å². The molecule has 0 saturated carbocycles. The number of hydrogen-bond acceptors (Lipinski definition) is 3. The lowest BCUT2D eigenvalue weighted by molar-refractivity contribution is 0.602. The molecule has 0 atom stereocenters. The predicted molar refractivity (Wildman–Crippen MR) is 62.6 cm³/mol. The molecular formula is C10H8BrNO2S. The molecule has 0 spiro atoms. The summed E-state index contributed by atoms with van der Waals surface area (Å²) in [5.74, 6) is 0. The topological polar surface area (TPSA) is 47.0 Å². The van der Waals surface area contributed by atoms with Gasteiger partial charge in [-0.1, -0.05) is 6.07 Å². The fraction of sp³-hybridized carbons (Fsp3) is 0.100. The van der Waals surface area contributed by atoms with Crippen molar-refractivity contribution in [1.29, 1.82) is 0 Å². The normalized spacial score (nSPS) is 11.9. The average Bonchev–Trinajstić information content (AvgIpc) is 2.16. The zero-order valence-corrected chi connectivity index (χ0v) is 10.3. The zero-order valence-electron chi connectivity index (χ0n) is 7.94. The summed E-state index contributed by atoms with van der Waals surface area (Å²) >= 11 is 3.34. The first-order chi connectivity index (χ1) is 7.00. The first-order valence-corrected chi connectivity index (χ1v) is 6.92. The number of sulfone groups is 1. The van der Waals surface area contributed by atoms with Gasteiger partial charge in [-0.05, 0) is 34.1 Å². The minimum absolute atomic E-state index is 0.306. The summed E-state index contributed by atoms with van der Waals surface area (Å²) in [5, 5.41) is 0.641. The summed E-state index contributed by atoms with van der Waals surface area (Å²) in [6.45, 7) is 0. The third kappa shape index (κ3) is 1.89. The Morgan fingerprint density at radius 3 is 2.67 bits per heavy atom. The minimum Gasteiger partial charge on any atom is -0.256 e. The van der Waals surface area contributed by atoms with Crippen molar-refractivity contribution in [2.45, 2.75) is 4.90 Å². The number of benzene rings is 1. The van der Waals surface area contributed by atoms with Gasteiger partial charge in [0.25, 0.3) is 0 Å². The highest BCUT2D eigenvalue weighted by molar-refractivity contribution is 9.10. The highest BCUT2D eigenvalue weighted by atomic mass is 79.9. The molecule has 78 valence electrons. The van der Waals surface area contributed by atoms with Crippen LogP contribution in [0, 0.1) is 0 Å². The van der Waals surface area contributed by atoms with Crippen molar-refractivity contribution >= 4 is 36.7 Å². The quantitative estimate of drug-likeness (QED) is 0.808. The van der Waals surface area contributed by atoms with Gasteiger partial charge in [-0.3, -0.25) is 4.98 Å². The fourth-order valence-corrected chi connectivity index (χ4v) is 3.02. The van der Waals surface area contributed by atoms with Crippen molar-refractivity contribution in [3.05, 3.63) is 34.9 Å². The second-order valence-corrected chi connectivity index (χ2v) is 6.05. The van der Waals surface area contributed by atoms with E-state index in [4.69, 9.17) is 0 Å². The summed E-state index contributed by atoms with van der Waals surface area (Å²) in [6.07, 6.45) is 2.83. The molecule has 3 nitrogen and oxygen atoms in total. The molecule has 2 aromatic rings. The van der Waals surface area contributed by atoms with E-state index in [0.29, 0.717) is 15.8 Å². The van der Waals surface area contributed by atoms with Gasteiger partial charge in [-0.2, -0.15) is 0 Å². The molecule has 0 fully saturated rings. The number of pyridine rings is 1. The third-order valence-corrected chi connectivity index (χ3v) is 3.88. The molecule has 1 heterocycles. The number of hydrogen-bond donors (Lipinski definition) is 0. The number of aromatic nitrogens is 1. The average molecular weight is 286 g/mol. The first-order valence-electron chi connectivity index (χ1n) is 4.23. The molecule has 0 saturated heterocycles. The Hall–Kier alpha value is -0.940. The van der Waals surface area contributed by atoms with Crippen LogP contribution < -0.4 is 0 Å². The van der Waals surface area contributed by atoms with Crippen molar-refractivity contribution in [3.63, 3.8) is 0 Å². The minimum atomic E-state index is -3.22. The lowest BCUT2D eigenvalue weighted by Crippen LogP contribution is -1.98. The second kappa shape index (κ2) is 3.57. The predicted octanol–water partition coefficient (Wildman–Crippen LogP) is 2.40. The van der Waals surface area contributed by atoms with Crippen LogP contribution in [0.3, 0.4) is 0 Å². The lowest BCUT2D eigenvalue weighted by Gasteiger charge is -2.05. The molecule has 0 N–H and O–H groups in total. The summed E-state index contributed by atoms with van der Waals surface area (Å²) in [4.78, 5) is 4.43. The highest BCUT2D eigenvalue weighted by Crippen LogP contribution is 2.28. The summed E-state index contributed by atoms with van der Waals surface area (Å²) in [7, 11) is -3.22. The van der Waals surface area contributed by atoms with Crippen molar-refractivity contribution in [1.82, 2.24) is 4.98 Å². The molecule has 5 heteroatoms. The van der Waals surface area contributed by atoms with Crippen molar-refractivity contribution in [2.75, 3.05) is 6.26 Å². The molecule has 0 aliphatic heterocycles. The van der Waals surface area contributed by atoms with Crippen LogP contribution in [0.15, 0.2) is 39.8 Å². The van der Waals surface area contributed by atoms with Crippen molar-refractivity contribution in [3.8, 4) is 0 Å². The fourth-order valence-electron chi connectivity index (χ4n) is 1.44. The van der Waals surface area contributed by atoms with Crippen LogP contribution in [0.1, 0.15) is 0 Å². The van der Waals surface area contributed by atoms with Crippen molar-refractivity contribution in [2.24, 2.45) is 0 Å². The molecule has 15 heavy (non-hydrogen) atoms. The Morgan fingerprint density at radius 1 is 1.27 bits per heavy atom. The van der Waals surface area contributed by atoms with E-state index in [2.05, 4.69) is 20.9 Å². The monoisotopic (exact) mass is 285 g/mol. The van der Waals surface area contributed by atoms with E-state index in [1.807, 2.05) is 0 Å². The van der Waals surface area contributed by atoms with E-state index < -0.39 is 9.84 Å². The zero-order chi connectivity index (χ0) is 11.1. The maximum absolute atomic E-state index is 11.6. The smallest absolute Gasteiger partial charge is 0.176 e. The van der Waals surface area contributed by atoms with Crippen LogP contribution in [0.4, 0.5) is 0 Å². The molecule has 0 bridgehead atoms. The second-order valence-electron chi connectivity index (χ2n) is 3.22. The molecule has 0 aliphatic carbocycles. The Kier molecular flexibility index (Phi) is 2.52. The van der Waals surface area contributed by atoms with Gasteiger partial charge in [0.15, 0.2) is 9.84 Å². The van der Waals surface area contributed by atoms with E-state index in [9.17, 15) is 8.42 Å².